The molecular weight excluding hydrogens is 222 g/mol. The number of methoxy groups -OCH3 is 1. The Morgan fingerprint density at radius 2 is 2.24 bits per heavy atom. The van der Waals surface area contributed by atoms with Crippen molar-refractivity contribution in [1.29, 1.82) is 0 Å². The third-order valence-corrected chi connectivity index (χ3v) is 3.36. The van der Waals surface area contributed by atoms with Gasteiger partial charge in [-0.15, -0.1) is 0 Å². The van der Waals surface area contributed by atoms with Crippen LogP contribution < -0.4 is 10.1 Å². The van der Waals surface area contributed by atoms with Crippen molar-refractivity contribution in [2.24, 2.45) is 0 Å². The molecule has 1 heterocycles. The van der Waals surface area contributed by atoms with E-state index in [1.807, 2.05) is 12.1 Å². The Labute approximate surface area is 97.7 Å². The molecule has 5 nitrogen and oxygen atoms in total. The number of benzene rings is 1. The van der Waals surface area contributed by atoms with Crippen LogP contribution in [0.4, 0.5) is 4.79 Å². The van der Waals surface area contributed by atoms with Crippen molar-refractivity contribution in [3.05, 3.63) is 29.3 Å². The molecule has 1 spiro atoms. The highest BCUT2D eigenvalue weighted by molar-refractivity contribution is 6.04. The fourth-order valence-electron chi connectivity index (χ4n) is 2.59. The Bertz CT molecular complexity index is 525. The molecule has 88 valence electrons. The van der Waals surface area contributed by atoms with E-state index in [-0.39, 0.29) is 5.91 Å². The topological polar surface area (TPSA) is 64.6 Å². The van der Waals surface area contributed by atoms with E-state index >= 15 is 0 Å². The SMILES string of the molecule is COc1cccc2c1CC[C@]21OC(=O)NC1=O. The zero-order chi connectivity index (χ0) is 12.0. The van der Waals surface area contributed by atoms with Crippen molar-refractivity contribution in [3.8, 4) is 5.75 Å². The summed E-state index contributed by atoms with van der Waals surface area (Å²) >= 11 is 0. The van der Waals surface area contributed by atoms with Gasteiger partial charge < -0.3 is 9.47 Å². The summed E-state index contributed by atoms with van der Waals surface area (Å²) in [7, 11) is 1.58. The number of hydrogen-bond acceptors (Lipinski definition) is 4. The molecule has 2 amide bonds. The maximum atomic E-state index is 11.9. The molecule has 17 heavy (non-hydrogen) atoms. The van der Waals surface area contributed by atoms with Crippen molar-refractivity contribution in [3.63, 3.8) is 0 Å². The molecule has 1 saturated heterocycles. The summed E-state index contributed by atoms with van der Waals surface area (Å²) in [6.07, 6.45) is 0.464. The number of ether oxygens (including phenoxy) is 2. The zero-order valence-corrected chi connectivity index (χ0v) is 9.28. The van der Waals surface area contributed by atoms with Gasteiger partial charge in [0.2, 0.25) is 5.60 Å². The largest absolute Gasteiger partial charge is 0.496 e. The minimum absolute atomic E-state index is 0.380. The van der Waals surface area contributed by atoms with Gasteiger partial charge in [-0.05, 0) is 12.5 Å². The molecule has 3 rings (SSSR count). The predicted molar refractivity (Wildman–Crippen MR) is 57.6 cm³/mol. The first-order valence-electron chi connectivity index (χ1n) is 5.38. The highest BCUT2D eigenvalue weighted by Crippen LogP contribution is 2.45. The predicted octanol–water partition coefficient (Wildman–Crippen LogP) is 1.10. The summed E-state index contributed by atoms with van der Waals surface area (Å²) in [6, 6.07) is 5.44. The zero-order valence-electron chi connectivity index (χ0n) is 9.28. The van der Waals surface area contributed by atoms with Crippen LogP contribution in [0.1, 0.15) is 17.5 Å². The van der Waals surface area contributed by atoms with E-state index in [4.69, 9.17) is 9.47 Å². The lowest BCUT2D eigenvalue weighted by molar-refractivity contribution is -0.131. The van der Waals surface area contributed by atoms with Gasteiger partial charge in [-0.25, -0.2) is 4.79 Å². The van der Waals surface area contributed by atoms with Crippen LogP contribution in [0.5, 0.6) is 5.75 Å². The number of carbonyl (C=O) groups is 2. The number of alkyl carbamates (subject to hydrolysis) is 1. The van der Waals surface area contributed by atoms with Crippen LogP contribution >= 0.6 is 0 Å². The molecule has 0 unspecified atom stereocenters. The van der Waals surface area contributed by atoms with E-state index in [1.54, 1.807) is 13.2 Å². The van der Waals surface area contributed by atoms with Crippen molar-refractivity contribution in [1.82, 2.24) is 5.32 Å². The normalized spacial score (nSPS) is 25.7. The van der Waals surface area contributed by atoms with E-state index < -0.39 is 11.7 Å². The third-order valence-electron chi connectivity index (χ3n) is 3.36. The molecule has 1 aromatic carbocycles. The monoisotopic (exact) mass is 233 g/mol. The molecule has 0 bridgehead atoms. The molecule has 0 saturated carbocycles. The number of amides is 2. The number of nitrogens with one attached hydrogen (secondary N) is 1. The van der Waals surface area contributed by atoms with E-state index in [9.17, 15) is 9.59 Å². The van der Waals surface area contributed by atoms with Crippen LogP contribution in [0, 0.1) is 0 Å². The maximum Gasteiger partial charge on any atom is 0.415 e. The van der Waals surface area contributed by atoms with Gasteiger partial charge in [-0.1, -0.05) is 12.1 Å². The van der Waals surface area contributed by atoms with Gasteiger partial charge in [0, 0.05) is 17.5 Å². The highest BCUT2D eigenvalue weighted by atomic mass is 16.6. The minimum Gasteiger partial charge on any atom is -0.496 e. The number of imide groups is 1. The molecule has 1 fully saturated rings. The van der Waals surface area contributed by atoms with Gasteiger partial charge in [0.1, 0.15) is 5.75 Å². The van der Waals surface area contributed by atoms with E-state index in [0.717, 1.165) is 16.9 Å². The standard InChI is InChI=1S/C12H11NO4/c1-16-9-4-2-3-8-7(9)5-6-12(8)10(14)13-11(15)17-12/h2-4H,5-6H2,1H3,(H,13,14,15)/t12-/m0/s1. The number of carbonyl (C=O) groups excluding carboxylic acids is 2. The Morgan fingerprint density at radius 3 is 2.88 bits per heavy atom. The summed E-state index contributed by atoms with van der Waals surface area (Å²) in [5, 5.41) is 2.19. The lowest BCUT2D eigenvalue weighted by Gasteiger charge is -2.19. The van der Waals surface area contributed by atoms with Gasteiger partial charge in [0.15, 0.2) is 0 Å². The minimum atomic E-state index is -1.14. The van der Waals surface area contributed by atoms with Crippen LogP contribution in [0.15, 0.2) is 18.2 Å². The third kappa shape index (κ3) is 1.19. The molecule has 1 aromatic rings. The summed E-state index contributed by atoms with van der Waals surface area (Å²) in [6.45, 7) is 0. The van der Waals surface area contributed by atoms with Gasteiger partial charge in [0.25, 0.3) is 5.91 Å². The van der Waals surface area contributed by atoms with Crippen LogP contribution in [0.25, 0.3) is 0 Å². The molecule has 1 N–H and O–H groups in total. The molecule has 1 aliphatic heterocycles. The highest BCUT2D eigenvalue weighted by Gasteiger charge is 2.54. The lowest BCUT2D eigenvalue weighted by Crippen LogP contribution is -2.34. The van der Waals surface area contributed by atoms with E-state index in [1.165, 1.54) is 0 Å². The smallest absolute Gasteiger partial charge is 0.415 e. The number of rotatable bonds is 1. The van der Waals surface area contributed by atoms with Gasteiger partial charge in [0.05, 0.1) is 7.11 Å². The van der Waals surface area contributed by atoms with E-state index in [2.05, 4.69) is 5.32 Å². The summed E-state index contributed by atoms with van der Waals surface area (Å²) < 4.78 is 10.4. The summed E-state index contributed by atoms with van der Waals surface area (Å²) in [5.74, 6) is 0.352. The molecule has 0 radical (unpaired) electrons. The Balaban J connectivity index is 2.16. The summed E-state index contributed by atoms with van der Waals surface area (Å²) in [4.78, 5) is 23.1. The fraction of sp³-hybridized carbons (Fsp3) is 0.333. The molecule has 1 atom stereocenters. The second-order valence-electron chi connectivity index (χ2n) is 4.16. The summed E-state index contributed by atoms with van der Waals surface area (Å²) in [5.41, 5.74) is 0.543. The van der Waals surface area contributed by atoms with Crippen LogP contribution in [0.3, 0.4) is 0 Å². The first-order chi connectivity index (χ1) is 8.17. The average Bonchev–Trinajstić information content (AvgIpc) is 2.82. The van der Waals surface area contributed by atoms with Crippen molar-refractivity contribution in [2.75, 3.05) is 7.11 Å². The van der Waals surface area contributed by atoms with Gasteiger partial charge in [-0.3, -0.25) is 10.1 Å². The van der Waals surface area contributed by atoms with Gasteiger partial charge >= 0.3 is 6.09 Å². The Kier molecular flexibility index (Phi) is 1.92. The van der Waals surface area contributed by atoms with Crippen LogP contribution in [-0.4, -0.2) is 19.1 Å². The maximum absolute atomic E-state index is 11.9. The Morgan fingerprint density at radius 1 is 1.41 bits per heavy atom. The Hall–Kier alpha value is -2.04. The first kappa shape index (κ1) is 10.1. The van der Waals surface area contributed by atoms with Crippen molar-refractivity contribution >= 4 is 12.0 Å². The van der Waals surface area contributed by atoms with Crippen LogP contribution in [0.2, 0.25) is 0 Å². The number of hydrogen-bond donors (Lipinski definition) is 1. The van der Waals surface area contributed by atoms with Gasteiger partial charge in [-0.2, -0.15) is 0 Å². The first-order valence-corrected chi connectivity index (χ1v) is 5.38. The molecular formula is C12H11NO4. The average molecular weight is 233 g/mol. The molecule has 5 heteroatoms. The van der Waals surface area contributed by atoms with Crippen molar-refractivity contribution < 1.29 is 19.1 Å². The molecule has 0 aromatic heterocycles. The van der Waals surface area contributed by atoms with E-state index in [0.29, 0.717) is 12.8 Å². The molecule has 2 aliphatic rings. The van der Waals surface area contributed by atoms with Crippen molar-refractivity contribution in [2.45, 2.75) is 18.4 Å². The van der Waals surface area contributed by atoms with Crippen LogP contribution in [-0.2, 0) is 21.6 Å². The number of fused-ring (bicyclic) bond motifs is 2. The lowest BCUT2D eigenvalue weighted by atomic mass is 9.95. The molecule has 1 aliphatic carbocycles. The fourth-order valence-corrected chi connectivity index (χ4v) is 2.59. The quantitative estimate of drug-likeness (QED) is 0.789. The second-order valence-corrected chi connectivity index (χ2v) is 4.16. The second kappa shape index (κ2) is 3.23.